The van der Waals surface area contributed by atoms with Gasteiger partial charge in [0.05, 0.1) is 10.6 Å². The molecule has 0 aromatic heterocycles. The molecule has 1 aromatic carbocycles. The van der Waals surface area contributed by atoms with Crippen LogP contribution in [0, 0.1) is 17.0 Å². The third-order valence-corrected chi connectivity index (χ3v) is 1.72. The van der Waals surface area contributed by atoms with Crippen LogP contribution in [0.15, 0.2) is 17.2 Å². The number of nitrogens with zero attached hydrogens (tertiary/aromatic N) is 4. The van der Waals surface area contributed by atoms with Crippen LogP contribution < -0.4 is 0 Å². The number of rotatable bonds is 2. The van der Waals surface area contributed by atoms with Crippen LogP contribution in [0.1, 0.15) is 5.56 Å². The number of phenols is 1. The van der Waals surface area contributed by atoms with Gasteiger partial charge in [-0.1, -0.05) is 5.11 Å². The highest BCUT2D eigenvalue weighted by Crippen LogP contribution is 2.35. The number of nitro benzene ring substituents is 1. The van der Waals surface area contributed by atoms with Crippen LogP contribution in [-0.4, -0.2) is 10.0 Å². The summed E-state index contributed by atoms with van der Waals surface area (Å²) in [4.78, 5) is 12.3. The standard InChI is InChI=1S/C7H6N4O3/c1-4-5(11(13)14)2-3-6(12)7(4)9-10-8/h2-3,12H,1H3. The second-order valence-corrected chi connectivity index (χ2v) is 2.52. The van der Waals surface area contributed by atoms with Gasteiger partial charge in [0, 0.05) is 16.5 Å². The van der Waals surface area contributed by atoms with Gasteiger partial charge in [-0.25, -0.2) is 0 Å². The van der Waals surface area contributed by atoms with E-state index in [1.54, 1.807) is 0 Å². The zero-order valence-electron chi connectivity index (χ0n) is 7.21. The minimum Gasteiger partial charge on any atom is -0.507 e. The second-order valence-electron chi connectivity index (χ2n) is 2.52. The molecule has 1 N–H and O–H groups in total. The maximum absolute atomic E-state index is 10.5. The molecule has 0 aliphatic rings. The van der Waals surface area contributed by atoms with E-state index in [1.165, 1.54) is 6.92 Å². The van der Waals surface area contributed by atoms with Crippen molar-refractivity contribution in [1.82, 2.24) is 0 Å². The Hall–Kier alpha value is -2.27. The van der Waals surface area contributed by atoms with E-state index in [0.29, 0.717) is 0 Å². The van der Waals surface area contributed by atoms with E-state index in [2.05, 4.69) is 10.0 Å². The molecule has 1 aromatic rings. The van der Waals surface area contributed by atoms with Gasteiger partial charge in [-0.05, 0) is 18.5 Å². The SMILES string of the molecule is Cc1c([N+](=O)[O-])ccc(O)c1N=[N+]=[N-]. The fourth-order valence-corrected chi connectivity index (χ4v) is 1.04. The maximum atomic E-state index is 10.5. The summed E-state index contributed by atoms with van der Waals surface area (Å²) in [5.74, 6) is -0.272. The van der Waals surface area contributed by atoms with Gasteiger partial charge in [0.15, 0.2) is 0 Å². The first-order valence-electron chi connectivity index (χ1n) is 3.60. The molecule has 0 amide bonds. The average molecular weight is 194 g/mol. The number of nitro groups is 1. The molecule has 7 heteroatoms. The van der Waals surface area contributed by atoms with Crippen molar-refractivity contribution in [2.24, 2.45) is 5.11 Å². The van der Waals surface area contributed by atoms with Gasteiger partial charge in [0.25, 0.3) is 5.69 Å². The van der Waals surface area contributed by atoms with Crippen molar-refractivity contribution in [2.45, 2.75) is 6.92 Å². The highest BCUT2D eigenvalue weighted by Gasteiger charge is 2.15. The van der Waals surface area contributed by atoms with Crippen LogP contribution in [0.25, 0.3) is 10.4 Å². The Bertz CT molecular complexity index is 437. The number of phenolic OH excluding ortho intramolecular Hbond substituents is 1. The lowest BCUT2D eigenvalue weighted by Crippen LogP contribution is -1.91. The van der Waals surface area contributed by atoms with Gasteiger partial charge in [-0.2, -0.15) is 0 Å². The van der Waals surface area contributed by atoms with Crippen LogP contribution >= 0.6 is 0 Å². The third-order valence-electron chi connectivity index (χ3n) is 1.72. The molecule has 0 saturated heterocycles. The molecule has 0 bridgehead atoms. The van der Waals surface area contributed by atoms with E-state index < -0.39 is 4.92 Å². The summed E-state index contributed by atoms with van der Waals surface area (Å²) in [6, 6.07) is 2.27. The molecule has 0 unspecified atom stereocenters. The van der Waals surface area contributed by atoms with Crippen molar-refractivity contribution in [3.8, 4) is 5.75 Å². The smallest absolute Gasteiger partial charge is 0.273 e. The molecule has 72 valence electrons. The number of aromatic hydroxyl groups is 1. The topological polar surface area (TPSA) is 112 Å². The van der Waals surface area contributed by atoms with E-state index in [9.17, 15) is 15.2 Å². The molecule has 0 spiro atoms. The summed E-state index contributed by atoms with van der Waals surface area (Å²) in [7, 11) is 0. The molecule has 0 heterocycles. The molecular weight excluding hydrogens is 188 g/mol. The Morgan fingerprint density at radius 2 is 2.29 bits per heavy atom. The lowest BCUT2D eigenvalue weighted by Gasteiger charge is -2.02. The minimum absolute atomic E-state index is 0.110. The van der Waals surface area contributed by atoms with Gasteiger partial charge in [-0.15, -0.1) is 0 Å². The molecule has 0 radical (unpaired) electrons. The molecule has 0 fully saturated rings. The van der Waals surface area contributed by atoms with E-state index in [0.717, 1.165) is 12.1 Å². The second kappa shape index (κ2) is 3.63. The summed E-state index contributed by atoms with van der Waals surface area (Å²) in [5, 5.41) is 22.9. The fourth-order valence-electron chi connectivity index (χ4n) is 1.04. The fraction of sp³-hybridized carbons (Fsp3) is 0.143. The van der Waals surface area contributed by atoms with Gasteiger partial charge in [0.2, 0.25) is 0 Å². The molecule has 0 atom stereocenters. The Kier molecular flexibility index (Phi) is 2.54. The van der Waals surface area contributed by atoms with Crippen molar-refractivity contribution in [3.63, 3.8) is 0 Å². The molecule has 1 rings (SSSR count). The summed E-state index contributed by atoms with van der Waals surface area (Å²) in [5.41, 5.74) is 8.02. The van der Waals surface area contributed by atoms with E-state index in [1.807, 2.05) is 0 Å². The number of hydrogen-bond acceptors (Lipinski definition) is 4. The van der Waals surface area contributed by atoms with Crippen LogP contribution in [0.4, 0.5) is 11.4 Å². The van der Waals surface area contributed by atoms with Crippen molar-refractivity contribution >= 4 is 11.4 Å². The molecule has 0 saturated carbocycles. The largest absolute Gasteiger partial charge is 0.507 e. The van der Waals surface area contributed by atoms with E-state index in [-0.39, 0.29) is 22.7 Å². The zero-order valence-corrected chi connectivity index (χ0v) is 7.21. The van der Waals surface area contributed by atoms with Gasteiger partial charge in [0.1, 0.15) is 5.75 Å². The molecule has 14 heavy (non-hydrogen) atoms. The zero-order chi connectivity index (χ0) is 10.7. The highest BCUT2D eigenvalue weighted by molar-refractivity contribution is 5.64. The lowest BCUT2D eigenvalue weighted by atomic mass is 10.1. The predicted molar refractivity (Wildman–Crippen MR) is 48.3 cm³/mol. The predicted octanol–water partition coefficient (Wildman–Crippen LogP) is 2.55. The number of hydrogen-bond donors (Lipinski definition) is 1. The van der Waals surface area contributed by atoms with Crippen molar-refractivity contribution in [2.75, 3.05) is 0 Å². The van der Waals surface area contributed by atoms with Gasteiger partial charge < -0.3 is 5.11 Å². The summed E-state index contributed by atoms with van der Waals surface area (Å²) in [6.07, 6.45) is 0. The minimum atomic E-state index is -0.606. The van der Waals surface area contributed by atoms with Crippen LogP contribution in [0.5, 0.6) is 5.75 Å². The van der Waals surface area contributed by atoms with Crippen LogP contribution in [0.3, 0.4) is 0 Å². The van der Waals surface area contributed by atoms with Gasteiger partial charge >= 0.3 is 0 Å². The first-order valence-corrected chi connectivity index (χ1v) is 3.60. The van der Waals surface area contributed by atoms with E-state index in [4.69, 9.17) is 5.53 Å². The highest BCUT2D eigenvalue weighted by atomic mass is 16.6. The molecular formula is C7H6N4O3. The van der Waals surface area contributed by atoms with Gasteiger partial charge in [-0.3, -0.25) is 10.1 Å². The van der Waals surface area contributed by atoms with Crippen molar-refractivity contribution in [1.29, 1.82) is 0 Å². The quantitative estimate of drug-likeness (QED) is 0.256. The molecule has 7 nitrogen and oxygen atoms in total. The Morgan fingerprint density at radius 3 is 2.79 bits per heavy atom. The third kappa shape index (κ3) is 1.57. The normalized spacial score (nSPS) is 9.21. The molecule has 0 aliphatic heterocycles. The Morgan fingerprint density at radius 1 is 1.64 bits per heavy atom. The molecule has 0 aliphatic carbocycles. The first kappa shape index (κ1) is 9.82. The number of azide groups is 1. The first-order chi connectivity index (χ1) is 6.57. The Balaban J connectivity index is 3.48. The van der Waals surface area contributed by atoms with Crippen molar-refractivity contribution < 1.29 is 10.0 Å². The lowest BCUT2D eigenvalue weighted by molar-refractivity contribution is -0.385. The summed E-state index contributed by atoms with van der Waals surface area (Å²) in [6.45, 7) is 1.40. The van der Waals surface area contributed by atoms with Crippen LogP contribution in [0.2, 0.25) is 0 Å². The monoisotopic (exact) mass is 194 g/mol. The number of benzene rings is 1. The Labute approximate surface area is 78.4 Å². The van der Waals surface area contributed by atoms with Crippen LogP contribution in [-0.2, 0) is 0 Å². The summed E-state index contributed by atoms with van der Waals surface area (Å²) >= 11 is 0. The van der Waals surface area contributed by atoms with Crippen molar-refractivity contribution in [3.05, 3.63) is 38.3 Å². The maximum Gasteiger partial charge on any atom is 0.273 e. The average Bonchev–Trinajstić information content (AvgIpc) is 2.11. The van der Waals surface area contributed by atoms with E-state index >= 15 is 0 Å². The summed E-state index contributed by atoms with van der Waals surface area (Å²) < 4.78 is 0.